The lowest BCUT2D eigenvalue weighted by Crippen LogP contribution is -2.30. The van der Waals surface area contributed by atoms with Crippen LogP contribution in [-0.4, -0.2) is 32.2 Å². The Kier molecular flexibility index (Phi) is 5.66. The van der Waals surface area contributed by atoms with E-state index >= 15 is 0 Å². The second kappa shape index (κ2) is 6.77. The van der Waals surface area contributed by atoms with Gasteiger partial charge in [-0.2, -0.15) is 0 Å². The average molecular weight is 234 g/mol. The van der Waals surface area contributed by atoms with Crippen molar-refractivity contribution in [3.05, 3.63) is 34.9 Å². The third-order valence-corrected chi connectivity index (χ3v) is 3.23. The Morgan fingerprint density at radius 2 is 2.00 bits per heavy atom. The molecule has 2 nitrogen and oxygen atoms in total. The van der Waals surface area contributed by atoms with E-state index in [-0.39, 0.29) is 0 Å². The molecular formula is C15H26N2. The summed E-state index contributed by atoms with van der Waals surface area (Å²) in [4.78, 5) is 2.31. The van der Waals surface area contributed by atoms with Gasteiger partial charge in [0.05, 0.1) is 0 Å². The molecule has 0 bridgehead atoms. The highest BCUT2D eigenvalue weighted by Crippen LogP contribution is 2.19. The second-order valence-corrected chi connectivity index (χ2v) is 5.18. The van der Waals surface area contributed by atoms with Gasteiger partial charge in [-0.3, -0.25) is 4.90 Å². The van der Waals surface area contributed by atoms with Crippen LogP contribution in [0.15, 0.2) is 18.2 Å². The minimum atomic E-state index is 0.615. The quantitative estimate of drug-likeness (QED) is 0.761. The molecule has 1 rings (SSSR count). The third kappa shape index (κ3) is 4.49. The number of aryl methyl sites for hydroxylation is 1. The maximum atomic E-state index is 3.17. The van der Waals surface area contributed by atoms with E-state index in [4.69, 9.17) is 0 Å². The lowest BCUT2D eigenvalue weighted by molar-refractivity contribution is 0.321. The fourth-order valence-corrected chi connectivity index (χ4v) is 1.98. The highest BCUT2D eigenvalue weighted by atomic mass is 15.2. The van der Waals surface area contributed by atoms with E-state index in [0.29, 0.717) is 5.92 Å². The number of benzene rings is 1. The van der Waals surface area contributed by atoms with E-state index in [0.717, 1.165) is 19.6 Å². The third-order valence-electron chi connectivity index (χ3n) is 3.23. The van der Waals surface area contributed by atoms with Crippen LogP contribution in [0.3, 0.4) is 0 Å². The van der Waals surface area contributed by atoms with Crippen molar-refractivity contribution in [2.24, 2.45) is 0 Å². The number of hydrogen-bond donors (Lipinski definition) is 1. The van der Waals surface area contributed by atoms with Crippen molar-refractivity contribution >= 4 is 0 Å². The largest absolute Gasteiger partial charge is 0.307 e. The van der Waals surface area contributed by atoms with Gasteiger partial charge in [-0.05, 0) is 50.0 Å². The predicted molar refractivity (Wildman–Crippen MR) is 75.5 cm³/mol. The van der Waals surface area contributed by atoms with Gasteiger partial charge < -0.3 is 5.32 Å². The van der Waals surface area contributed by atoms with Crippen molar-refractivity contribution in [3.63, 3.8) is 0 Å². The molecule has 2 heteroatoms. The maximum absolute atomic E-state index is 3.17. The summed E-state index contributed by atoms with van der Waals surface area (Å²) >= 11 is 0. The number of likely N-dealkylation sites (N-methyl/N-ethyl adjacent to an activating group) is 1. The van der Waals surface area contributed by atoms with Crippen LogP contribution in [0.5, 0.6) is 0 Å². The summed E-state index contributed by atoms with van der Waals surface area (Å²) in [5.41, 5.74) is 4.34. The second-order valence-electron chi connectivity index (χ2n) is 5.18. The van der Waals surface area contributed by atoms with Gasteiger partial charge in [-0.1, -0.05) is 32.0 Å². The van der Waals surface area contributed by atoms with Crippen LogP contribution in [0, 0.1) is 6.92 Å². The molecule has 0 aliphatic carbocycles. The van der Waals surface area contributed by atoms with E-state index in [1.807, 2.05) is 7.05 Å². The van der Waals surface area contributed by atoms with Gasteiger partial charge >= 0.3 is 0 Å². The minimum absolute atomic E-state index is 0.615. The SMILES string of the molecule is CNCN(C)CCc1cc(C(C)C)ccc1C. The Hall–Kier alpha value is -0.860. The van der Waals surface area contributed by atoms with Crippen molar-refractivity contribution in [1.29, 1.82) is 0 Å². The van der Waals surface area contributed by atoms with Crippen molar-refractivity contribution in [2.75, 3.05) is 27.3 Å². The van der Waals surface area contributed by atoms with Crippen LogP contribution >= 0.6 is 0 Å². The number of rotatable bonds is 6. The molecule has 0 saturated heterocycles. The van der Waals surface area contributed by atoms with Crippen molar-refractivity contribution in [3.8, 4) is 0 Å². The summed E-state index contributed by atoms with van der Waals surface area (Å²) in [6.07, 6.45) is 1.13. The molecule has 0 aliphatic rings. The Morgan fingerprint density at radius 3 is 2.59 bits per heavy atom. The van der Waals surface area contributed by atoms with E-state index in [1.165, 1.54) is 16.7 Å². The molecule has 0 heterocycles. The van der Waals surface area contributed by atoms with Crippen LogP contribution in [0.4, 0.5) is 0 Å². The van der Waals surface area contributed by atoms with Gasteiger partial charge in [-0.15, -0.1) is 0 Å². The normalized spacial score (nSPS) is 11.5. The summed E-state index contributed by atoms with van der Waals surface area (Å²) in [5.74, 6) is 0.615. The van der Waals surface area contributed by atoms with E-state index < -0.39 is 0 Å². The predicted octanol–water partition coefficient (Wildman–Crippen LogP) is 2.77. The minimum Gasteiger partial charge on any atom is -0.307 e. The molecule has 17 heavy (non-hydrogen) atoms. The van der Waals surface area contributed by atoms with Crippen LogP contribution in [0.1, 0.15) is 36.5 Å². The molecule has 0 saturated carbocycles. The fourth-order valence-electron chi connectivity index (χ4n) is 1.98. The molecule has 96 valence electrons. The summed E-state index contributed by atoms with van der Waals surface area (Å²) in [5, 5.41) is 3.17. The Balaban J connectivity index is 2.66. The molecule has 0 fully saturated rings. The number of nitrogens with one attached hydrogen (secondary N) is 1. The summed E-state index contributed by atoms with van der Waals surface area (Å²) in [6.45, 7) is 8.76. The van der Waals surface area contributed by atoms with Crippen LogP contribution in [0.25, 0.3) is 0 Å². The molecule has 0 aliphatic heterocycles. The molecule has 0 aromatic heterocycles. The summed E-state index contributed by atoms with van der Waals surface area (Å²) < 4.78 is 0. The van der Waals surface area contributed by atoms with Crippen LogP contribution in [0.2, 0.25) is 0 Å². The smallest absolute Gasteiger partial charge is 0.0475 e. The fraction of sp³-hybridized carbons (Fsp3) is 0.600. The Labute approximate surface area is 106 Å². The van der Waals surface area contributed by atoms with Gasteiger partial charge in [-0.25, -0.2) is 0 Å². The molecule has 1 aromatic carbocycles. The molecule has 0 spiro atoms. The Morgan fingerprint density at radius 1 is 1.29 bits per heavy atom. The lowest BCUT2D eigenvalue weighted by Gasteiger charge is -2.17. The first kappa shape index (κ1) is 14.2. The molecular weight excluding hydrogens is 208 g/mol. The average Bonchev–Trinajstić information content (AvgIpc) is 2.28. The Bertz CT molecular complexity index is 345. The zero-order chi connectivity index (χ0) is 12.8. The first-order valence-electron chi connectivity index (χ1n) is 6.47. The standard InChI is InChI=1S/C15H26N2/c1-12(2)14-7-6-13(3)15(10-14)8-9-17(5)11-16-4/h6-7,10,12,16H,8-9,11H2,1-5H3. The van der Waals surface area contributed by atoms with Crippen molar-refractivity contribution < 1.29 is 0 Å². The molecule has 0 unspecified atom stereocenters. The maximum Gasteiger partial charge on any atom is 0.0475 e. The molecule has 1 aromatic rings. The molecule has 0 radical (unpaired) electrons. The van der Waals surface area contributed by atoms with Crippen molar-refractivity contribution in [2.45, 2.75) is 33.1 Å². The summed E-state index contributed by atoms with van der Waals surface area (Å²) in [7, 11) is 4.14. The van der Waals surface area contributed by atoms with Crippen LogP contribution < -0.4 is 5.32 Å². The number of nitrogens with zero attached hydrogens (tertiary/aromatic N) is 1. The van der Waals surface area contributed by atoms with Crippen LogP contribution in [-0.2, 0) is 6.42 Å². The molecule has 1 N–H and O–H groups in total. The van der Waals surface area contributed by atoms with E-state index in [2.05, 4.69) is 56.2 Å². The van der Waals surface area contributed by atoms with Gasteiger partial charge in [0.1, 0.15) is 0 Å². The monoisotopic (exact) mass is 234 g/mol. The van der Waals surface area contributed by atoms with E-state index in [9.17, 15) is 0 Å². The van der Waals surface area contributed by atoms with Crippen molar-refractivity contribution in [1.82, 2.24) is 10.2 Å². The molecule has 0 atom stereocenters. The van der Waals surface area contributed by atoms with Gasteiger partial charge in [0.2, 0.25) is 0 Å². The van der Waals surface area contributed by atoms with E-state index in [1.54, 1.807) is 0 Å². The first-order chi connectivity index (χ1) is 8.04. The highest BCUT2D eigenvalue weighted by Gasteiger charge is 2.05. The number of hydrogen-bond acceptors (Lipinski definition) is 2. The zero-order valence-electron chi connectivity index (χ0n) is 11.9. The summed E-state index contributed by atoms with van der Waals surface area (Å²) in [6, 6.07) is 6.87. The lowest BCUT2D eigenvalue weighted by atomic mass is 9.96. The van der Waals surface area contributed by atoms with Gasteiger partial charge in [0.15, 0.2) is 0 Å². The molecule has 0 amide bonds. The topological polar surface area (TPSA) is 15.3 Å². The van der Waals surface area contributed by atoms with Gasteiger partial charge in [0, 0.05) is 13.2 Å². The van der Waals surface area contributed by atoms with Gasteiger partial charge in [0.25, 0.3) is 0 Å². The zero-order valence-corrected chi connectivity index (χ0v) is 11.9. The first-order valence-corrected chi connectivity index (χ1v) is 6.47. The highest BCUT2D eigenvalue weighted by molar-refractivity contribution is 5.32.